The topological polar surface area (TPSA) is 74.5 Å². The van der Waals surface area contributed by atoms with Crippen LogP contribution in [-0.4, -0.2) is 54.7 Å². The van der Waals surface area contributed by atoms with E-state index in [1.165, 1.54) is 0 Å². The first-order valence-corrected chi connectivity index (χ1v) is 9.31. The van der Waals surface area contributed by atoms with E-state index in [0.717, 1.165) is 30.9 Å². The van der Waals surface area contributed by atoms with E-state index in [9.17, 15) is 4.79 Å². The second kappa shape index (κ2) is 9.17. The van der Waals surface area contributed by atoms with Crippen LogP contribution in [0, 0.1) is 0 Å². The number of rotatable bonds is 4. The predicted molar refractivity (Wildman–Crippen MR) is 114 cm³/mol. The fraction of sp³-hybridized carbons (Fsp3) is 0.286. The lowest BCUT2D eigenvalue weighted by Crippen LogP contribution is -2.44. The Hall–Kier alpha value is -2.74. The lowest BCUT2D eigenvalue weighted by Gasteiger charge is -2.30. The number of nitrogens with zero attached hydrogens (tertiary/aromatic N) is 4. The number of amides is 1. The molecule has 0 spiro atoms. The minimum Gasteiger partial charge on any atom is -0.334 e. The zero-order valence-electron chi connectivity index (χ0n) is 16.4. The molecule has 1 atom stereocenters. The van der Waals surface area contributed by atoms with Crippen LogP contribution >= 0.6 is 12.4 Å². The van der Waals surface area contributed by atoms with Gasteiger partial charge >= 0.3 is 0 Å². The summed E-state index contributed by atoms with van der Waals surface area (Å²) in [5.74, 6) is 0.984. The van der Waals surface area contributed by atoms with E-state index >= 15 is 0 Å². The first-order chi connectivity index (χ1) is 13.6. The molecule has 0 aliphatic carbocycles. The molecule has 152 valence electrons. The summed E-state index contributed by atoms with van der Waals surface area (Å²) in [6, 6.07) is 16.9. The quantitative estimate of drug-likeness (QED) is 0.708. The van der Waals surface area contributed by atoms with Crippen LogP contribution in [0.2, 0.25) is 0 Å². The van der Waals surface area contributed by atoms with Gasteiger partial charge in [-0.3, -0.25) is 9.69 Å². The van der Waals surface area contributed by atoms with Gasteiger partial charge in [0.25, 0.3) is 11.8 Å². The van der Waals surface area contributed by atoms with Crippen LogP contribution in [0.25, 0.3) is 11.5 Å². The van der Waals surface area contributed by atoms with E-state index in [4.69, 9.17) is 4.52 Å². The molecule has 1 unspecified atom stereocenters. The molecule has 2 aromatic carbocycles. The third kappa shape index (κ3) is 4.48. The molecule has 0 saturated carbocycles. The van der Waals surface area contributed by atoms with Crippen LogP contribution in [-0.2, 0) is 0 Å². The Morgan fingerprint density at radius 1 is 1.21 bits per heavy atom. The lowest BCUT2D eigenvalue weighted by molar-refractivity contribution is 0.0993. The van der Waals surface area contributed by atoms with Crippen molar-refractivity contribution in [2.75, 3.05) is 38.6 Å². The first-order valence-electron chi connectivity index (χ1n) is 9.31. The number of halogens is 1. The van der Waals surface area contributed by atoms with Gasteiger partial charge in [-0.05, 0) is 37.4 Å². The number of para-hydroxylation sites is 1. The highest BCUT2D eigenvalue weighted by Gasteiger charge is 2.25. The minimum atomic E-state index is -0.0935. The number of carbonyl (C=O) groups excluding carboxylic acids is 1. The van der Waals surface area contributed by atoms with Gasteiger partial charge in [0.1, 0.15) is 0 Å². The molecular formula is C21H24ClN5O2. The van der Waals surface area contributed by atoms with Crippen molar-refractivity contribution in [3.63, 3.8) is 0 Å². The van der Waals surface area contributed by atoms with Crippen molar-refractivity contribution < 1.29 is 9.32 Å². The Balaban J connectivity index is 0.00000240. The molecule has 7 nitrogen and oxygen atoms in total. The number of likely N-dealkylation sites (N-methyl/N-ethyl adjacent to an activating group) is 1. The number of nitrogens with one attached hydrogen (secondary N) is 1. The van der Waals surface area contributed by atoms with E-state index in [2.05, 4.69) is 27.4 Å². The molecule has 3 aromatic rings. The predicted octanol–water partition coefficient (Wildman–Crippen LogP) is 3.01. The van der Waals surface area contributed by atoms with E-state index in [-0.39, 0.29) is 24.4 Å². The molecule has 1 N–H and O–H groups in total. The van der Waals surface area contributed by atoms with Crippen LogP contribution in [0.15, 0.2) is 59.1 Å². The van der Waals surface area contributed by atoms with Gasteiger partial charge < -0.3 is 14.7 Å². The monoisotopic (exact) mass is 413 g/mol. The van der Waals surface area contributed by atoms with Crippen molar-refractivity contribution in [3.05, 3.63) is 66.0 Å². The molecule has 1 saturated heterocycles. The molecule has 1 aromatic heterocycles. The molecule has 1 amide bonds. The maximum atomic E-state index is 12.9. The van der Waals surface area contributed by atoms with Crippen LogP contribution in [0.5, 0.6) is 0 Å². The summed E-state index contributed by atoms with van der Waals surface area (Å²) in [5, 5.41) is 7.51. The SMILES string of the molecule is CN(C(=O)c1cccc(-c2nc(C3CNCCN3C)no2)c1)c1ccccc1.Cl. The second-order valence-corrected chi connectivity index (χ2v) is 6.94. The third-order valence-electron chi connectivity index (χ3n) is 5.06. The zero-order chi connectivity index (χ0) is 19.5. The smallest absolute Gasteiger partial charge is 0.258 e. The van der Waals surface area contributed by atoms with E-state index < -0.39 is 0 Å². The minimum absolute atomic E-state index is 0. The number of carbonyl (C=O) groups is 1. The van der Waals surface area contributed by atoms with Crippen molar-refractivity contribution in [2.45, 2.75) is 6.04 Å². The van der Waals surface area contributed by atoms with Gasteiger partial charge in [0.15, 0.2) is 5.82 Å². The van der Waals surface area contributed by atoms with E-state index in [0.29, 0.717) is 17.3 Å². The van der Waals surface area contributed by atoms with Crippen LogP contribution in [0.3, 0.4) is 0 Å². The molecular weight excluding hydrogens is 390 g/mol. The molecule has 8 heteroatoms. The maximum Gasteiger partial charge on any atom is 0.258 e. The molecule has 0 radical (unpaired) electrons. The lowest BCUT2D eigenvalue weighted by atomic mass is 10.1. The Bertz CT molecular complexity index is 962. The summed E-state index contributed by atoms with van der Waals surface area (Å²) >= 11 is 0. The maximum absolute atomic E-state index is 12.9. The zero-order valence-corrected chi connectivity index (χ0v) is 17.2. The highest BCUT2D eigenvalue weighted by atomic mass is 35.5. The summed E-state index contributed by atoms with van der Waals surface area (Å²) in [6.07, 6.45) is 0. The van der Waals surface area contributed by atoms with Crippen molar-refractivity contribution in [1.29, 1.82) is 0 Å². The van der Waals surface area contributed by atoms with Crippen LogP contribution in [0.1, 0.15) is 22.2 Å². The third-order valence-corrected chi connectivity index (χ3v) is 5.06. The Morgan fingerprint density at radius 2 is 2.00 bits per heavy atom. The number of hydrogen-bond acceptors (Lipinski definition) is 6. The number of aromatic nitrogens is 2. The van der Waals surface area contributed by atoms with E-state index in [1.54, 1.807) is 24.1 Å². The normalized spacial score (nSPS) is 16.8. The van der Waals surface area contributed by atoms with Gasteiger partial charge in [0.05, 0.1) is 6.04 Å². The molecule has 2 heterocycles. The average molecular weight is 414 g/mol. The number of anilines is 1. The summed E-state index contributed by atoms with van der Waals surface area (Å²) in [7, 11) is 3.82. The first kappa shape index (κ1) is 21.0. The van der Waals surface area contributed by atoms with Crippen LogP contribution in [0.4, 0.5) is 5.69 Å². The highest BCUT2D eigenvalue weighted by molar-refractivity contribution is 6.06. The number of benzene rings is 2. The van der Waals surface area contributed by atoms with Gasteiger partial charge in [0, 0.05) is 43.5 Å². The molecule has 1 aliphatic rings. The standard InChI is InChI=1S/C21H23N5O2.ClH/c1-25-12-11-22-14-18(25)19-23-20(28-24-19)15-7-6-8-16(13-15)21(27)26(2)17-9-4-3-5-10-17;/h3-10,13,18,22H,11-12,14H2,1-2H3;1H. The van der Waals surface area contributed by atoms with Crippen molar-refractivity contribution >= 4 is 24.0 Å². The fourth-order valence-corrected chi connectivity index (χ4v) is 3.33. The van der Waals surface area contributed by atoms with E-state index in [1.807, 2.05) is 42.5 Å². The highest BCUT2D eigenvalue weighted by Crippen LogP contribution is 2.24. The fourth-order valence-electron chi connectivity index (χ4n) is 3.33. The van der Waals surface area contributed by atoms with Gasteiger partial charge in [-0.2, -0.15) is 4.98 Å². The molecule has 1 fully saturated rings. The molecule has 1 aliphatic heterocycles. The molecule has 4 rings (SSSR count). The van der Waals surface area contributed by atoms with Crippen LogP contribution < -0.4 is 10.2 Å². The number of hydrogen-bond donors (Lipinski definition) is 1. The van der Waals surface area contributed by atoms with Gasteiger partial charge in [0.2, 0.25) is 0 Å². The Kier molecular flexibility index (Phi) is 6.64. The summed E-state index contributed by atoms with van der Waals surface area (Å²) < 4.78 is 5.49. The Morgan fingerprint density at radius 3 is 2.76 bits per heavy atom. The molecule has 0 bridgehead atoms. The summed E-state index contributed by atoms with van der Waals surface area (Å²) in [5.41, 5.74) is 2.14. The Labute approximate surface area is 176 Å². The van der Waals surface area contributed by atoms with Crippen molar-refractivity contribution in [3.8, 4) is 11.5 Å². The second-order valence-electron chi connectivity index (χ2n) is 6.94. The number of piperazine rings is 1. The average Bonchev–Trinajstić information content (AvgIpc) is 3.24. The molecule has 29 heavy (non-hydrogen) atoms. The van der Waals surface area contributed by atoms with Gasteiger partial charge in [-0.25, -0.2) is 0 Å². The van der Waals surface area contributed by atoms with Gasteiger partial charge in [-0.1, -0.05) is 29.4 Å². The largest absolute Gasteiger partial charge is 0.334 e. The van der Waals surface area contributed by atoms with Crippen molar-refractivity contribution in [1.82, 2.24) is 20.4 Å². The van der Waals surface area contributed by atoms with Gasteiger partial charge in [-0.15, -0.1) is 12.4 Å². The summed E-state index contributed by atoms with van der Waals surface area (Å²) in [6.45, 7) is 2.68. The summed E-state index contributed by atoms with van der Waals surface area (Å²) in [4.78, 5) is 21.3. The van der Waals surface area contributed by atoms with Crippen molar-refractivity contribution in [2.24, 2.45) is 0 Å².